The van der Waals surface area contributed by atoms with Gasteiger partial charge >= 0.3 is 0 Å². The van der Waals surface area contributed by atoms with Gasteiger partial charge in [-0.25, -0.2) is 0 Å². The van der Waals surface area contributed by atoms with E-state index >= 15 is 0 Å². The quantitative estimate of drug-likeness (QED) is 0.505. The van der Waals surface area contributed by atoms with E-state index in [1.165, 1.54) is 0 Å². The maximum Gasteiger partial charge on any atom is 0.236 e. The first-order chi connectivity index (χ1) is 14.6. The Morgan fingerprint density at radius 3 is 1.47 bits per heavy atom. The molecule has 3 rings (SSSR count). The third-order valence-electron chi connectivity index (χ3n) is 6.56. The number of rotatable bonds is 10. The van der Waals surface area contributed by atoms with Crippen molar-refractivity contribution >= 4 is 11.8 Å². The molecular formula is C22H40N4O4. The highest BCUT2D eigenvalue weighted by molar-refractivity contribution is 5.80. The van der Waals surface area contributed by atoms with Crippen molar-refractivity contribution in [1.29, 1.82) is 0 Å². The first-order valence-corrected chi connectivity index (χ1v) is 11.7. The highest BCUT2D eigenvalue weighted by atomic mass is 16.5. The van der Waals surface area contributed by atoms with Crippen LogP contribution in [0.15, 0.2) is 0 Å². The lowest BCUT2D eigenvalue weighted by Crippen LogP contribution is -2.54. The lowest BCUT2D eigenvalue weighted by Gasteiger charge is -2.36. The maximum absolute atomic E-state index is 12.7. The summed E-state index contributed by atoms with van der Waals surface area (Å²) in [4.78, 5) is 33.7. The molecule has 30 heavy (non-hydrogen) atoms. The second-order valence-corrected chi connectivity index (χ2v) is 8.86. The summed E-state index contributed by atoms with van der Waals surface area (Å²) in [6, 6.07) is 0. The van der Waals surface area contributed by atoms with Crippen LogP contribution < -0.4 is 0 Å². The summed E-state index contributed by atoms with van der Waals surface area (Å²) in [5, 5.41) is 0. The number of carbonyl (C=O) groups excluding carboxylic acids is 2. The average Bonchev–Trinajstić information content (AvgIpc) is 3.40. The van der Waals surface area contributed by atoms with E-state index in [4.69, 9.17) is 9.47 Å². The lowest BCUT2D eigenvalue weighted by molar-refractivity contribution is -0.140. The van der Waals surface area contributed by atoms with Gasteiger partial charge < -0.3 is 19.3 Å². The second kappa shape index (κ2) is 12.0. The Morgan fingerprint density at radius 1 is 0.700 bits per heavy atom. The monoisotopic (exact) mass is 424 g/mol. The molecule has 0 saturated carbocycles. The molecule has 0 aromatic heterocycles. The predicted molar refractivity (Wildman–Crippen MR) is 115 cm³/mol. The normalized spacial score (nSPS) is 25.9. The number of amides is 2. The van der Waals surface area contributed by atoms with Crippen LogP contribution in [0.25, 0.3) is 0 Å². The molecule has 0 spiro atoms. The van der Waals surface area contributed by atoms with Gasteiger partial charge in [-0.15, -0.1) is 0 Å². The number of carbonyl (C=O) groups is 2. The molecular weight excluding hydrogens is 384 g/mol. The number of likely N-dealkylation sites (tertiary alicyclic amines) is 2. The van der Waals surface area contributed by atoms with Crippen LogP contribution >= 0.6 is 0 Å². The number of piperazine rings is 1. The molecule has 2 atom stereocenters. The predicted octanol–water partition coefficient (Wildman–Crippen LogP) is 0.374. The van der Waals surface area contributed by atoms with Crippen LogP contribution in [0.5, 0.6) is 0 Å². The standard InChI is InChI=1S/C22H40N4O4/c1-3-29-17-19-5-7-23(13-19)15-21(27)25-9-11-26(12-10-25)22(28)16-24-8-6-20(14-24)18-30-4-2/h19-20H,3-18H2,1-2H3. The molecule has 2 unspecified atom stereocenters. The zero-order valence-electron chi connectivity index (χ0n) is 18.9. The Morgan fingerprint density at radius 2 is 1.10 bits per heavy atom. The fourth-order valence-corrected chi connectivity index (χ4v) is 4.74. The molecule has 3 aliphatic rings. The van der Waals surface area contributed by atoms with Crippen molar-refractivity contribution in [3.8, 4) is 0 Å². The van der Waals surface area contributed by atoms with E-state index in [9.17, 15) is 9.59 Å². The number of ether oxygens (including phenoxy) is 2. The van der Waals surface area contributed by atoms with Crippen molar-refractivity contribution in [1.82, 2.24) is 19.6 Å². The van der Waals surface area contributed by atoms with E-state index in [1.807, 2.05) is 23.6 Å². The molecule has 0 bridgehead atoms. The Labute approximate surface area is 181 Å². The van der Waals surface area contributed by atoms with Crippen LogP contribution in [0, 0.1) is 11.8 Å². The molecule has 2 amide bonds. The first-order valence-electron chi connectivity index (χ1n) is 11.7. The number of hydrogen-bond donors (Lipinski definition) is 0. The molecule has 0 N–H and O–H groups in total. The van der Waals surface area contributed by atoms with Crippen molar-refractivity contribution in [3.63, 3.8) is 0 Å². The van der Waals surface area contributed by atoms with Crippen LogP contribution in [-0.4, -0.2) is 123 Å². The SMILES string of the molecule is CCOCC1CCN(CC(=O)N2CCN(C(=O)CN3CCC(COCC)C3)CC2)C1. The topological polar surface area (TPSA) is 65.6 Å². The fourth-order valence-electron chi connectivity index (χ4n) is 4.74. The Kier molecular flexibility index (Phi) is 9.36. The Hall–Kier alpha value is -1.22. The van der Waals surface area contributed by atoms with Gasteiger partial charge in [0.1, 0.15) is 0 Å². The number of hydrogen-bond acceptors (Lipinski definition) is 6. The average molecular weight is 425 g/mol. The van der Waals surface area contributed by atoms with Gasteiger partial charge in [-0.3, -0.25) is 19.4 Å². The summed E-state index contributed by atoms with van der Waals surface area (Å²) < 4.78 is 11.0. The van der Waals surface area contributed by atoms with Crippen LogP contribution in [-0.2, 0) is 19.1 Å². The van der Waals surface area contributed by atoms with Crippen molar-refractivity contribution in [2.45, 2.75) is 26.7 Å². The molecule has 0 radical (unpaired) electrons. The summed E-state index contributed by atoms with van der Waals surface area (Å²) in [6.45, 7) is 14.6. The lowest BCUT2D eigenvalue weighted by atomic mass is 10.1. The van der Waals surface area contributed by atoms with Gasteiger partial charge in [0.2, 0.25) is 11.8 Å². The molecule has 0 aromatic rings. The molecule has 3 fully saturated rings. The first kappa shape index (κ1) is 23.4. The third-order valence-corrected chi connectivity index (χ3v) is 6.56. The molecule has 8 nitrogen and oxygen atoms in total. The molecule has 0 aromatic carbocycles. The van der Waals surface area contributed by atoms with Crippen LogP contribution in [0.1, 0.15) is 26.7 Å². The van der Waals surface area contributed by atoms with E-state index in [0.717, 1.165) is 65.4 Å². The minimum atomic E-state index is 0.192. The van der Waals surface area contributed by atoms with E-state index in [-0.39, 0.29) is 11.8 Å². The Balaban J connectivity index is 1.32. The third kappa shape index (κ3) is 6.90. The summed E-state index contributed by atoms with van der Waals surface area (Å²) in [5.74, 6) is 1.48. The highest BCUT2D eigenvalue weighted by Gasteiger charge is 2.30. The number of nitrogens with zero attached hydrogens (tertiary/aromatic N) is 4. The molecule has 0 aliphatic carbocycles. The van der Waals surface area contributed by atoms with Crippen molar-refractivity contribution in [2.24, 2.45) is 11.8 Å². The molecule has 8 heteroatoms. The zero-order valence-corrected chi connectivity index (χ0v) is 18.9. The van der Waals surface area contributed by atoms with Gasteiger partial charge in [0, 0.05) is 52.5 Å². The summed E-state index contributed by atoms with van der Waals surface area (Å²) in [6.07, 6.45) is 2.22. The molecule has 3 heterocycles. The van der Waals surface area contributed by atoms with Crippen molar-refractivity contribution < 1.29 is 19.1 Å². The van der Waals surface area contributed by atoms with E-state index in [2.05, 4.69) is 9.80 Å². The minimum Gasteiger partial charge on any atom is -0.381 e. The van der Waals surface area contributed by atoms with Gasteiger partial charge in [0.15, 0.2) is 0 Å². The van der Waals surface area contributed by atoms with E-state index < -0.39 is 0 Å². The van der Waals surface area contributed by atoms with Gasteiger partial charge in [0.25, 0.3) is 0 Å². The molecule has 3 aliphatic heterocycles. The highest BCUT2D eigenvalue weighted by Crippen LogP contribution is 2.18. The van der Waals surface area contributed by atoms with Crippen LogP contribution in [0.4, 0.5) is 0 Å². The summed E-state index contributed by atoms with van der Waals surface area (Å²) in [5.41, 5.74) is 0. The smallest absolute Gasteiger partial charge is 0.236 e. The molecule has 172 valence electrons. The van der Waals surface area contributed by atoms with E-state index in [0.29, 0.717) is 51.1 Å². The van der Waals surface area contributed by atoms with Gasteiger partial charge in [-0.2, -0.15) is 0 Å². The van der Waals surface area contributed by atoms with Gasteiger partial charge in [-0.05, 0) is 51.6 Å². The van der Waals surface area contributed by atoms with Gasteiger partial charge in [0.05, 0.1) is 26.3 Å². The summed E-state index contributed by atoms with van der Waals surface area (Å²) >= 11 is 0. The minimum absolute atomic E-state index is 0.192. The van der Waals surface area contributed by atoms with Gasteiger partial charge in [-0.1, -0.05) is 0 Å². The molecule has 3 saturated heterocycles. The summed E-state index contributed by atoms with van der Waals surface area (Å²) in [7, 11) is 0. The van der Waals surface area contributed by atoms with Crippen LogP contribution in [0.3, 0.4) is 0 Å². The largest absolute Gasteiger partial charge is 0.381 e. The van der Waals surface area contributed by atoms with Crippen molar-refractivity contribution in [2.75, 3.05) is 91.9 Å². The van der Waals surface area contributed by atoms with E-state index in [1.54, 1.807) is 0 Å². The second-order valence-electron chi connectivity index (χ2n) is 8.86. The maximum atomic E-state index is 12.7. The fraction of sp³-hybridized carbons (Fsp3) is 0.909. The van der Waals surface area contributed by atoms with Crippen molar-refractivity contribution in [3.05, 3.63) is 0 Å². The van der Waals surface area contributed by atoms with Crippen LogP contribution in [0.2, 0.25) is 0 Å². The zero-order chi connectivity index (χ0) is 21.3. The Bertz CT molecular complexity index is 505.